The van der Waals surface area contributed by atoms with E-state index in [4.69, 9.17) is 4.74 Å². The number of piperidine rings is 1. The molecule has 0 radical (unpaired) electrons. The van der Waals surface area contributed by atoms with Crippen LogP contribution in [-0.4, -0.2) is 41.5 Å². The lowest BCUT2D eigenvalue weighted by atomic mass is 9.97. The Labute approximate surface area is 165 Å². The largest absolute Gasteiger partial charge is 0.455 e. The molecule has 1 amide bonds. The molecule has 1 fully saturated rings. The molecule has 8 heteroatoms. The summed E-state index contributed by atoms with van der Waals surface area (Å²) in [6.45, 7) is 1.11. The summed E-state index contributed by atoms with van der Waals surface area (Å²) in [5.74, 6) is -0.177. The van der Waals surface area contributed by atoms with Crippen molar-refractivity contribution < 1.29 is 14.3 Å². The van der Waals surface area contributed by atoms with Crippen LogP contribution in [0.5, 0.6) is 0 Å². The van der Waals surface area contributed by atoms with Crippen LogP contribution in [-0.2, 0) is 14.3 Å². The van der Waals surface area contributed by atoms with Gasteiger partial charge < -0.3 is 15.0 Å². The molecule has 1 saturated heterocycles. The van der Waals surface area contributed by atoms with E-state index in [-0.39, 0.29) is 24.4 Å². The fourth-order valence-electron chi connectivity index (χ4n) is 2.79. The quantitative estimate of drug-likeness (QED) is 0.539. The molecule has 0 aliphatic carbocycles. The van der Waals surface area contributed by atoms with Crippen molar-refractivity contribution in [2.75, 3.05) is 29.9 Å². The van der Waals surface area contributed by atoms with Crippen LogP contribution in [0.15, 0.2) is 42.7 Å². The Morgan fingerprint density at radius 1 is 1.19 bits per heavy atom. The second kappa shape index (κ2) is 8.93. The van der Waals surface area contributed by atoms with Crippen LogP contribution < -0.4 is 10.2 Å². The first kappa shape index (κ1) is 18.6. The fraction of sp³-hybridized carbons (Fsp3) is 0.333. The van der Waals surface area contributed by atoms with Crippen molar-refractivity contribution in [1.82, 2.24) is 9.97 Å². The van der Waals surface area contributed by atoms with Gasteiger partial charge in [0.25, 0.3) is 5.91 Å². The van der Waals surface area contributed by atoms with Gasteiger partial charge in [0.2, 0.25) is 5.95 Å². The third kappa shape index (κ3) is 5.13. The maximum atomic E-state index is 12.2. The zero-order valence-corrected chi connectivity index (χ0v) is 16.3. The van der Waals surface area contributed by atoms with Gasteiger partial charge in [-0.25, -0.2) is 9.97 Å². The first-order valence-corrected chi connectivity index (χ1v) is 9.44. The van der Waals surface area contributed by atoms with Crippen LogP contribution in [0.3, 0.4) is 0 Å². The molecule has 1 aliphatic rings. The summed E-state index contributed by atoms with van der Waals surface area (Å²) >= 11 is 2.17. The molecular formula is C18H19IN4O3. The van der Waals surface area contributed by atoms with Gasteiger partial charge in [0, 0.05) is 34.7 Å². The Balaban J connectivity index is 1.42. The third-order valence-electron chi connectivity index (χ3n) is 4.12. The van der Waals surface area contributed by atoms with Crippen LogP contribution in [0.25, 0.3) is 0 Å². The minimum atomic E-state index is -0.338. The van der Waals surface area contributed by atoms with Crippen molar-refractivity contribution >= 4 is 46.1 Å². The molecule has 0 atom stereocenters. The average molecular weight is 466 g/mol. The summed E-state index contributed by atoms with van der Waals surface area (Å²) in [7, 11) is 0. The van der Waals surface area contributed by atoms with Gasteiger partial charge in [-0.3, -0.25) is 9.59 Å². The van der Waals surface area contributed by atoms with E-state index < -0.39 is 0 Å². The van der Waals surface area contributed by atoms with E-state index in [0.29, 0.717) is 37.6 Å². The minimum Gasteiger partial charge on any atom is -0.455 e. The van der Waals surface area contributed by atoms with E-state index in [1.807, 2.05) is 23.1 Å². The number of carbonyl (C=O) groups is 2. The second-order valence-corrected chi connectivity index (χ2v) is 7.22. The predicted octanol–water partition coefficient (Wildman–Crippen LogP) is 2.48. The van der Waals surface area contributed by atoms with E-state index in [1.54, 1.807) is 24.5 Å². The Hall–Kier alpha value is -2.23. The number of anilines is 2. The maximum Gasteiger partial charge on any atom is 0.309 e. The number of ether oxygens (including phenoxy) is 1. The highest BCUT2D eigenvalue weighted by atomic mass is 127. The van der Waals surface area contributed by atoms with Crippen LogP contribution in [0.1, 0.15) is 12.8 Å². The molecule has 0 bridgehead atoms. The highest BCUT2D eigenvalue weighted by Crippen LogP contribution is 2.21. The average Bonchev–Trinajstić information content (AvgIpc) is 2.67. The lowest BCUT2D eigenvalue weighted by molar-refractivity contribution is -0.152. The number of rotatable bonds is 5. The number of benzene rings is 1. The molecule has 0 saturated carbocycles. The predicted molar refractivity (Wildman–Crippen MR) is 106 cm³/mol. The molecule has 2 heterocycles. The standard InChI is InChI=1S/C18H19IN4O3/c19-14-3-1-4-15(11-14)22-16(24)12-26-17(25)13-5-9-23(10-6-13)18-20-7-2-8-21-18/h1-4,7-8,11,13H,5-6,9-10,12H2,(H,22,24). The van der Waals surface area contributed by atoms with Gasteiger partial charge in [0.1, 0.15) is 0 Å². The Kier molecular flexibility index (Phi) is 6.37. The molecule has 0 unspecified atom stereocenters. The summed E-state index contributed by atoms with van der Waals surface area (Å²) in [5, 5.41) is 2.72. The van der Waals surface area contributed by atoms with E-state index in [2.05, 4.69) is 37.9 Å². The van der Waals surface area contributed by atoms with Gasteiger partial charge in [0.05, 0.1) is 5.92 Å². The van der Waals surface area contributed by atoms with Crippen LogP contribution in [0.4, 0.5) is 11.6 Å². The Bertz CT molecular complexity index is 764. The van der Waals surface area contributed by atoms with Gasteiger partial charge in [-0.15, -0.1) is 0 Å². The zero-order valence-electron chi connectivity index (χ0n) is 14.1. The smallest absolute Gasteiger partial charge is 0.309 e. The van der Waals surface area contributed by atoms with E-state index in [9.17, 15) is 9.59 Å². The summed E-state index contributed by atoms with van der Waals surface area (Å²) in [6, 6.07) is 9.20. The lowest BCUT2D eigenvalue weighted by Gasteiger charge is -2.30. The van der Waals surface area contributed by atoms with Crippen molar-refractivity contribution in [2.24, 2.45) is 5.92 Å². The van der Waals surface area contributed by atoms with Crippen molar-refractivity contribution in [1.29, 1.82) is 0 Å². The maximum absolute atomic E-state index is 12.2. The number of carbonyl (C=O) groups excluding carboxylic acids is 2. The number of halogens is 1. The van der Waals surface area contributed by atoms with Crippen LogP contribution in [0, 0.1) is 9.49 Å². The summed E-state index contributed by atoms with van der Waals surface area (Å²) in [6.07, 6.45) is 4.73. The number of hydrogen-bond donors (Lipinski definition) is 1. The molecule has 1 aromatic carbocycles. The molecule has 0 spiro atoms. The topological polar surface area (TPSA) is 84.4 Å². The fourth-order valence-corrected chi connectivity index (χ4v) is 3.33. The van der Waals surface area contributed by atoms with E-state index in [0.717, 1.165) is 3.57 Å². The number of aromatic nitrogens is 2. The van der Waals surface area contributed by atoms with E-state index in [1.165, 1.54) is 0 Å². The van der Waals surface area contributed by atoms with E-state index >= 15 is 0 Å². The highest BCUT2D eigenvalue weighted by molar-refractivity contribution is 14.1. The Morgan fingerprint density at radius 3 is 2.62 bits per heavy atom. The lowest BCUT2D eigenvalue weighted by Crippen LogP contribution is -2.38. The molecular weight excluding hydrogens is 447 g/mol. The molecule has 1 aromatic heterocycles. The normalized spacial score (nSPS) is 14.7. The number of hydrogen-bond acceptors (Lipinski definition) is 6. The molecule has 3 rings (SSSR count). The SMILES string of the molecule is O=C(COC(=O)C1CCN(c2ncccn2)CC1)Nc1cccc(I)c1. The van der Waals surface area contributed by atoms with Gasteiger partial charge in [-0.05, 0) is 59.7 Å². The van der Waals surface area contributed by atoms with Crippen LogP contribution in [0.2, 0.25) is 0 Å². The molecule has 26 heavy (non-hydrogen) atoms. The van der Waals surface area contributed by atoms with Crippen LogP contribution >= 0.6 is 22.6 Å². The van der Waals surface area contributed by atoms with Gasteiger partial charge in [0.15, 0.2) is 6.61 Å². The van der Waals surface area contributed by atoms with Gasteiger partial charge in [-0.2, -0.15) is 0 Å². The monoisotopic (exact) mass is 466 g/mol. The van der Waals surface area contributed by atoms with Crippen molar-refractivity contribution in [2.45, 2.75) is 12.8 Å². The Morgan fingerprint density at radius 2 is 1.92 bits per heavy atom. The summed E-state index contributed by atoms with van der Waals surface area (Å²) in [5.41, 5.74) is 0.689. The molecule has 1 N–H and O–H groups in total. The van der Waals surface area contributed by atoms with Gasteiger partial charge in [-0.1, -0.05) is 6.07 Å². The molecule has 1 aliphatic heterocycles. The number of nitrogens with zero attached hydrogens (tertiary/aromatic N) is 3. The van der Waals surface area contributed by atoms with Crippen molar-refractivity contribution in [3.8, 4) is 0 Å². The molecule has 136 valence electrons. The summed E-state index contributed by atoms with van der Waals surface area (Å²) in [4.78, 5) is 34.6. The molecule has 2 aromatic rings. The first-order valence-electron chi connectivity index (χ1n) is 8.36. The molecule has 7 nitrogen and oxygen atoms in total. The number of amides is 1. The third-order valence-corrected chi connectivity index (χ3v) is 4.79. The van der Waals surface area contributed by atoms with Crippen molar-refractivity contribution in [3.63, 3.8) is 0 Å². The summed E-state index contributed by atoms with van der Waals surface area (Å²) < 4.78 is 6.20. The minimum absolute atomic E-state index is 0.194. The zero-order chi connectivity index (χ0) is 18.4. The highest BCUT2D eigenvalue weighted by Gasteiger charge is 2.27. The second-order valence-electron chi connectivity index (χ2n) is 5.98. The van der Waals surface area contributed by atoms with Crippen molar-refractivity contribution in [3.05, 3.63) is 46.3 Å². The number of nitrogens with one attached hydrogen (secondary N) is 1. The number of esters is 1. The van der Waals surface area contributed by atoms with Gasteiger partial charge >= 0.3 is 5.97 Å². The first-order chi connectivity index (χ1) is 12.6.